The van der Waals surface area contributed by atoms with Crippen LogP contribution in [0.5, 0.6) is 11.5 Å². The number of nitrogens with zero attached hydrogens (tertiary/aromatic N) is 3. The Kier molecular flexibility index (Phi) is 4.33. The van der Waals surface area contributed by atoms with Gasteiger partial charge in [-0.05, 0) is 28.5 Å². The second kappa shape index (κ2) is 6.74. The van der Waals surface area contributed by atoms with Crippen LogP contribution in [-0.4, -0.2) is 34.8 Å². The Balaban J connectivity index is 1.80. The number of aromatic nitrogens is 4. The van der Waals surface area contributed by atoms with E-state index in [9.17, 15) is 0 Å². The van der Waals surface area contributed by atoms with Crippen molar-refractivity contribution in [2.75, 3.05) is 14.2 Å². The number of ether oxygens (including phenoxy) is 2. The average Bonchev–Trinajstić information content (AvgIpc) is 3.14. The van der Waals surface area contributed by atoms with Crippen LogP contribution in [0.4, 0.5) is 0 Å². The molecule has 0 spiro atoms. The number of aromatic amines is 1. The molecular weight excluding hydrogens is 292 g/mol. The van der Waals surface area contributed by atoms with Gasteiger partial charge in [-0.15, -0.1) is 10.2 Å². The van der Waals surface area contributed by atoms with Crippen molar-refractivity contribution < 1.29 is 9.47 Å². The maximum atomic E-state index is 5.27. The quantitative estimate of drug-likeness (QED) is 0.733. The first kappa shape index (κ1) is 14.8. The number of rotatable bonds is 5. The molecule has 6 nitrogen and oxygen atoms in total. The first-order valence-corrected chi connectivity index (χ1v) is 7.03. The summed E-state index contributed by atoms with van der Waals surface area (Å²) >= 11 is 0. The van der Waals surface area contributed by atoms with E-state index in [1.807, 2.05) is 54.6 Å². The summed E-state index contributed by atoms with van der Waals surface area (Å²) in [5.74, 6) is 2.10. The highest BCUT2D eigenvalue weighted by molar-refractivity contribution is 5.72. The summed E-state index contributed by atoms with van der Waals surface area (Å²) < 4.78 is 10.5. The maximum absolute atomic E-state index is 5.27. The average molecular weight is 308 g/mol. The van der Waals surface area contributed by atoms with E-state index in [-0.39, 0.29) is 0 Å². The van der Waals surface area contributed by atoms with Crippen LogP contribution >= 0.6 is 0 Å². The minimum absolute atomic E-state index is 0.582. The summed E-state index contributed by atoms with van der Waals surface area (Å²) in [6.45, 7) is 0. The smallest absolute Gasteiger partial charge is 0.204 e. The van der Waals surface area contributed by atoms with E-state index in [4.69, 9.17) is 9.47 Å². The van der Waals surface area contributed by atoms with Gasteiger partial charge in [-0.3, -0.25) is 0 Å². The zero-order valence-electron chi connectivity index (χ0n) is 12.9. The van der Waals surface area contributed by atoms with Gasteiger partial charge in [0.25, 0.3) is 0 Å². The molecule has 116 valence electrons. The molecule has 23 heavy (non-hydrogen) atoms. The molecule has 1 N–H and O–H groups in total. The summed E-state index contributed by atoms with van der Waals surface area (Å²) in [4.78, 5) is 0. The Morgan fingerprint density at radius 1 is 0.870 bits per heavy atom. The molecule has 0 aliphatic rings. The molecule has 0 bridgehead atoms. The van der Waals surface area contributed by atoms with E-state index in [0.717, 1.165) is 28.2 Å². The Hall–Kier alpha value is -3.15. The van der Waals surface area contributed by atoms with E-state index in [2.05, 4.69) is 20.6 Å². The van der Waals surface area contributed by atoms with Crippen molar-refractivity contribution in [2.24, 2.45) is 0 Å². The lowest BCUT2D eigenvalue weighted by atomic mass is 10.1. The lowest BCUT2D eigenvalue weighted by Crippen LogP contribution is -1.88. The zero-order valence-corrected chi connectivity index (χ0v) is 12.9. The molecule has 0 atom stereocenters. The largest absolute Gasteiger partial charge is 0.497 e. The molecule has 3 rings (SSSR count). The Labute approximate surface area is 133 Å². The second-order valence-electron chi connectivity index (χ2n) is 4.84. The molecule has 0 fully saturated rings. The summed E-state index contributed by atoms with van der Waals surface area (Å²) in [5.41, 5.74) is 2.99. The van der Waals surface area contributed by atoms with Crippen LogP contribution in [0.2, 0.25) is 0 Å². The number of methoxy groups -OCH3 is 2. The minimum atomic E-state index is 0.582. The first-order chi connectivity index (χ1) is 11.3. The molecular formula is C17H16N4O2. The van der Waals surface area contributed by atoms with Crippen molar-refractivity contribution >= 4 is 12.2 Å². The van der Waals surface area contributed by atoms with Crippen molar-refractivity contribution in [1.29, 1.82) is 0 Å². The number of hydrogen-bond donors (Lipinski definition) is 1. The summed E-state index contributed by atoms with van der Waals surface area (Å²) in [5, 5.41) is 13.9. The monoisotopic (exact) mass is 308 g/mol. The van der Waals surface area contributed by atoms with Gasteiger partial charge in [0.2, 0.25) is 5.82 Å². The van der Waals surface area contributed by atoms with Crippen molar-refractivity contribution in [3.05, 3.63) is 53.6 Å². The highest BCUT2D eigenvalue weighted by atomic mass is 16.5. The predicted octanol–water partition coefficient (Wildman–Crippen LogP) is 3.05. The lowest BCUT2D eigenvalue weighted by Gasteiger charge is -2.05. The van der Waals surface area contributed by atoms with Gasteiger partial charge in [-0.25, -0.2) is 0 Å². The Morgan fingerprint density at radius 3 is 2.09 bits per heavy atom. The van der Waals surface area contributed by atoms with Gasteiger partial charge in [0.05, 0.1) is 14.2 Å². The molecule has 2 aromatic carbocycles. The molecule has 6 heteroatoms. The SMILES string of the molecule is COc1cc(/C=C/c2ccc(-c3nn[nH]n3)cc2)cc(OC)c1. The molecule has 0 aliphatic carbocycles. The topological polar surface area (TPSA) is 72.9 Å². The molecule has 1 heterocycles. The van der Waals surface area contributed by atoms with Gasteiger partial charge >= 0.3 is 0 Å². The highest BCUT2D eigenvalue weighted by Crippen LogP contribution is 2.24. The van der Waals surface area contributed by atoms with Gasteiger partial charge in [-0.2, -0.15) is 5.21 Å². The summed E-state index contributed by atoms with van der Waals surface area (Å²) in [6, 6.07) is 13.7. The van der Waals surface area contributed by atoms with E-state index in [1.165, 1.54) is 0 Å². The zero-order chi connectivity index (χ0) is 16.1. The van der Waals surface area contributed by atoms with E-state index in [0.29, 0.717) is 5.82 Å². The van der Waals surface area contributed by atoms with Gasteiger partial charge in [0, 0.05) is 11.6 Å². The summed E-state index contributed by atoms with van der Waals surface area (Å²) in [7, 11) is 3.28. The fourth-order valence-corrected chi connectivity index (χ4v) is 2.15. The van der Waals surface area contributed by atoms with Crippen LogP contribution in [0.1, 0.15) is 11.1 Å². The van der Waals surface area contributed by atoms with Crippen molar-refractivity contribution in [1.82, 2.24) is 20.6 Å². The molecule has 0 amide bonds. The van der Waals surface area contributed by atoms with Crippen LogP contribution in [0.3, 0.4) is 0 Å². The van der Waals surface area contributed by atoms with Crippen LogP contribution in [-0.2, 0) is 0 Å². The number of H-pyrrole nitrogens is 1. The normalized spacial score (nSPS) is 10.9. The Bertz CT molecular complexity index is 774. The van der Waals surface area contributed by atoms with Gasteiger partial charge < -0.3 is 9.47 Å². The van der Waals surface area contributed by atoms with Crippen molar-refractivity contribution in [3.8, 4) is 22.9 Å². The molecule has 0 unspecified atom stereocenters. The van der Waals surface area contributed by atoms with E-state index in [1.54, 1.807) is 14.2 Å². The minimum Gasteiger partial charge on any atom is -0.497 e. The molecule has 1 aromatic heterocycles. The first-order valence-electron chi connectivity index (χ1n) is 7.03. The fourth-order valence-electron chi connectivity index (χ4n) is 2.15. The van der Waals surface area contributed by atoms with Crippen LogP contribution in [0.25, 0.3) is 23.5 Å². The number of hydrogen-bond acceptors (Lipinski definition) is 5. The highest BCUT2D eigenvalue weighted by Gasteiger charge is 2.02. The number of tetrazole rings is 1. The third-order valence-electron chi connectivity index (χ3n) is 3.36. The van der Waals surface area contributed by atoms with Crippen molar-refractivity contribution in [3.63, 3.8) is 0 Å². The van der Waals surface area contributed by atoms with Gasteiger partial charge in [0.1, 0.15) is 11.5 Å². The standard InChI is InChI=1S/C17H16N4O2/c1-22-15-9-13(10-16(11-15)23-2)4-3-12-5-7-14(8-6-12)17-18-20-21-19-17/h3-11H,1-2H3,(H,18,19,20,21)/b4-3+. The van der Waals surface area contributed by atoms with Crippen LogP contribution in [0.15, 0.2) is 42.5 Å². The Morgan fingerprint density at radius 2 is 1.52 bits per heavy atom. The summed E-state index contributed by atoms with van der Waals surface area (Å²) in [6.07, 6.45) is 4.03. The van der Waals surface area contributed by atoms with Crippen LogP contribution < -0.4 is 9.47 Å². The third-order valence-corrected chi connectivity index (χ3v) is 3.36. The molecule has 0 saturated heterocycles. The van der Waals surface area contributed by atoms with Crippen LogP contribution in [0, 0.1) is 0 Å². The number of nitrogens with one attached hydrogen (secondary N) is 1. The van der Waals surface area contributed by atoms with E-state index >= 15 is 0 Å². The van der Waals surface area contributed by atoms with Gasteiger partial charge in [0.15, 0.2) is 0 Å². The molecule has 3 aromatic rings. The molecule has 0 radical (unpaired) electrons. The van der Waals surface area contributed by atoms with Gasteiger partial charge in [-0.1, -0.05) is 36.4 Å². The van der Waals surface area contributed by atoms with E-state index < -0.39 is 0 Å². The molecule has 0 saturated carbocycles. The number of benzene rings is 2. The lowest BCUT2D eigenvalue weighted by molar-refractivity contribution is 0.394. The predicted molar refractivity (Wildman–Crippen MR) is 88.1 cm³/mol. The fraction of sp³-hybridized carbons (Fsp3) is 0.118. The molecule has 0 aliphatic heterocycles. The third kappa shape index (κ3) is 3.55. The second-order valence-corrected chi connectivity index (χ2v) is 4.84. The maximum Gasteiger partial charge on any atom is 0.204 e. The van der Waals surface area contributed by atoms with Crippen molar-refractivity contribution in [2.45, 2.75) is 0 Å².